The standard InChI is InChI=1S/C20H23NO5S/c1-14(2)26-20(22)16-10-11-18(25-3)19(13-16)27(23,24)21-12-6-8-15-7-4-5-9-17(15)21/h4-5,7,9-11,13-14H,6,8,12H2,1-3H3. The molecular weight excluding hydrogens is 366 g/mol. The van der Waals surface area contributed by atoms with E-state index in [0.29, 0.717) is 12.2 Å². The van der Waals surface area contributed by atoms with Crippen LogP contribution < -0.4 is 9.04 Å². The Morgan fingerprint density at radius 3 is 2.59 bits per heavy atom. The Bertz CT molecular complexity index is 953. The molecule has 3 rings (SSSR count). The lowest BCUT2D eigenvalue weighted by Crippen LogP contribution is -2.35. The highest BCUT2D eigenvalue weighted by Gasteiger charge is 2.32. The third-order valence-electron chi connectivity index (χ3n) is 4.38. The number of methoxy groups -OCH3 is 1. The zero-order chi connectivity index (χ0) is 19.6. The van der Waals surface area contributed by atoms with Crippen LogP contribution in [0.3, 0.4) is 0 Å². The van der Waals surface area contributed by atoms with Crippen LogP contribution in [-0.4, -0.2) is 34.1 Å². The first-order chi connectivity index (χ1) is 12.8. The largest absolute Gasteiger partial charge is 0.495 e. The molecule has 0 atom stereocenters. The molecule has 6 nitrogen and oxygen atoms in total. The first-order valence-electron chi connectivity index (χ1n) is 8.84. The van der Waals surface area contributed by atoms with Gasteiger partial charge in [-0.1, -0.05) is 18.2 Å². The van der Waals surface area contributed by atoms with Crippen molar-refractivity contribution in [1.82, 2.24) is 0 Å². The van der Waals surface area contributed by atoms with Gasteiger partial charge in [0.1, 0.15) is 10.6 Å². The maximum atomic E-state index is 13.4. The number of benzene rings is 2. The molecule has 7 heteroatoms. The van der Waals surface area contributed by atoms with E-state index < -0.39 is 16.0 Å². The van der Waals surface area contributed by atoms with Gasteiger partial charge in [0.15, 0.2) is 0 Å². The minimum absolute atomic E-state index is 0.0418. The van der Waals surface area contributed by atoms with E-state index >= 15 is 0 Å². The van der Waals surface area contributed by atoms with Crippen molar-refractivity contribution < 1.29 is 22.7 Å². The van der Waals surface area contributed by atoms with Crippen molar-refractivity contribution in [2.45, 2.75) is 37.7 Å². The molecule has 0 saturated heterocycles. The molecule has 144 valence electrons. The van der Waals surface area contributed by atoms with E-state index in [9.17, 15) is 13.2 Å². The molecular formula is C20H23NO5S. The van der Waals surface area contributed by atoms with Gasteiger partial charge in [-0.25, -0.2) is 13.2 Å². The number of nitrogens with zero attached hydrogens (tertiary/aromatic N) is 1. The topological polar surface area (TPSA) is 72.9 Å². The smallest absolute Gasteiger partial charge is 0.338 e. The van der Waals surface area contributed by atoms with Crippen LogP contribution in [0.2, 0.25) is 0 Å². The third-order valence-corrected chi connectivity index (χ3v) is 6.21. The second kappa shape index (κ2) is 7.60. The van der Waals surface area contributed by atoms with Crippen molar-refractivity contribution in [3.05, 3.63) is 53.6 Å². The molecule has 0 fully saturated rings. The van der Waals surface area contributed by atoms with Gasteiger partial charge in [0.25, 0.3) is 10.0 Å². The van der Waals surface area contributed by atoms with Crippen molar-refractivity contribution >= 4 is 21.7 Å². The highest BCUT2D eigenvalue weighted by molar-refractivity contribution is 7.93. The second-order valence-electron chi connectivity index (χ2n) is 6.63. The monoisotopic (exact) mass is 389 g/mol. The summed E-state index contributed by atoms with van der Waals surface area (Å²) in [6.45, 7) is 3.86. The first kappa shape index (κ1) is 19.2. The van der Waals surface area contributed by atoms with Crippen LogP contribution in [0.25, 0.3) is 0 Å². The highest BCUT2D eigenvalue weighted by atomic mass is 32.2. The third kappa shape index (κ3) is 3.78. The summed E-state index contributed by atoms with van der Waals surface area (Å²) in [6, 6.07) is 11.8. The second-order valence-corrected chi connectivity index (χ2v) is 8.46. The highest BCUT2D eigenvalue weighted by Crippen LogP contribution is 2.35. The molecule has 0 spiro atoms. The van der Waals surface area contributed by atoms with E-state index in [1.54, 1.807) is 19.9 Å². The molecule has 0 radical (unpaired) electrons. The van der Waals surface area contributed by atoms with Crippen LogP contribution >= 0.6 is 0 Å². The number of fused-ring (bicyclic) bond motifs is 1. The average Bonchev–Trinajstić information content (AvgIpc) is 2.66. The first-order valence-corrected chi connectivity index (χ1v) is 10.3. The zero-order valence-corrected chi connectivity index (χ0v) is 16.5. The molecule has 0 aromatic heterocycles. The number of hydrogen-bond donors (Lipinski definition) is 0. The van der Waals surface area contributed by atoms with Crippen LogP contribution in [0, 0.1) is 0 Å². The van der Waals surface area contributed by atoms with Gasteiger partial charge in [0.05, 0.1) is 24.5 Å². The Morgan fingerprint density at radius 1 is 1.15 bits per heavy atom. The van der Waals surface area contributed by atoms with Gasteiger partial charge in [0, 0.05) is 6.54 Å². The Kier molecular flexibility index (Phi) is 5.41. The zero-order valence-electron chi connectivity index (χ0n) is 15.6. The van der Waals surface area contributed by atoms with Crippen molar-refractivity contribution in [3.63, 3.8) is 0 Å². The molecule has 0 amide bonds. The number of hydrogen-bond acceptors (Lipinski definition) is 5. The fourth-order valence-electron chi connectivity index (χ4n) is 3.15. The number of esters is 1. The molecule has 0 N–H and O–H groups in total. The summed E-state index contributed by atoms with van der Waals surface area (Å²) in [6.07, 6.45) is 1.27. The number of anilines is 1. The van der Waals surface area contributed by atoms with Gasteiger partial charge < -0.3 is 9.47 Å². The van der Waals surface area contributed by atoms with Crippen molar-refractivity contribution in [2.75, 3.05) is 18.0 Å². The molecule has 1 heterocycles. The molecule has 2 aromatic rings. The quantitative estimate of drug-likeness (QED) is 0.733. The van der Waals surface area contributed by atoms with Crippen LogP contribution in [0.1, 0.15) is 36.2 Å². The van der Waals surface area contributed by atoms with Gasteiger partial charge in [0.2, 0.25) is 0 Å². The number of aryl methyl sites for hydroxylation is 1. The van der Waals surface area contributed by atoms with Crippen LogP contribution in [0.15, 0.2) is 47.4 Å². The lowest BCUT2D eigenvalue weighted by Gasteiger charge is -2.31. The summed E-state index contributed by atoms with van der Waals surface area (Å²) in [5.41, 5.74) is 1.83. The SMILES string of the molecule is COc1ccc(C(=O)OC(C)C)cc1S(=O)(=O)N1CCCc2ccccc21. The molecule has 2 aromatic carbocycles. The van der Waals surface area contributed by atoms with Gasteiger partial charge in [-0.15, -0.1) is 0 Å². The molecule has 27 heavy (non-hydrogen) atoms. The van der Waals surface area contributed by atoms with Crippen LogP contribution in [0.4, 0.5) is 5.69 Å². The van der Waals surface area contributed by atoms with E-state index in [1.165, 1.54) is 29.6 Å². The Labute approximate surface area is 159 Å². The Morgan fingerprint density at radius 2 is 1.89 bits per heavy atom. The maximum Gasteiger partial charge on any atom is 0.338 e. The van der Waals surface area contributed by atoms with Gasteiger partial charge in [-0.3, -0.25) is 4.31 Å². The summed E-state index contributed by atoms with van der Waals surface area (Å²) in [7, 11) is -2.49. The van der Waals surface area contributed by atoms with Gasteiger partial charge >= 0.3 is 5.97 Å². The molecule has 0 aliphatic carbocycles. The lowest BCUT2D eigenvalue weighted by atomic mass is 10.0. The van der Waals surface area contributed by atoms with E-state index in [0.717, 1.165) is 18.4 Å². The minimum atomic E-state index is -3.90. The van der Waals surface area contributed by atoms with Crippen LogP contribution in [-0.2, 0) is 21.2 Å². The predicted molar refractivity (Wildman–Crippen MR) is 103 cm³/mol. The summed E-state index contributed by atoms with van der Waals surface area (Å²) >= 11 is 0. The number of carbonyl (C=O) groups is 1. The predicted octanol–water partition coefficient (Wildman–Crippen LogP) is 3.40. The number of sulfonamides is 1. The molecule has 0 saturated carbocycles. The molecule has 0 unspecified atom stereocenters. The lowest BCUT2D eigenvalue weighted by molar-refractivity contribution is 0.0377. The van der Waals surface area contributed by atoms with Crippen LogP contribution in [0.5, 0.6) is 5.75 Å². The Balaban J connectivity index is 2.08. The number of para-hydroxylation sites is 1. The van der Waals surface area contributed by atoms with Crippen molar-refractivity contribution in [1.29, 1.82) is 0 Å². The van der Waals surface area contributed by atoms with Gasteiger partial charge in [-0.2, -0.15) is 0 Å². The molecule has 1 aliphatic heterocycles. The van der Waals surface area contributed by atoms with E-state index in [1.807, 2.05) is 18.2 Å². The average molecular weight is 389 g/mol. The van der Waals surface area contributed by atoms with Crippen molar-refractivity contribution in [3.8, 4) is 5.75 Å². The van der Waals surface area contributed by atoms with E-state index in [2.05, 4.69) is 0 Å². The number of carbonyl (C=O) groups excluding carboxylic acids is 1. The maximum absolute atomic E-state index is 13.4. The van der Waals surface area contributed by atoms with Crippen molar-refractivity contribution in [2.24, 2.45) is 0 Å². The van der Waals surface area contributed by atoms with E-state index in [4.69, 9.17) is 9.47 Å². The number of ether oxygens (including phenoxy) is 2. The summed E-state index contributed by atoms with van der Waals surface area (Å²) in [5, 5.41) is 0. The minimum Gasteiger partial charge on any atom is -0.495 e. The van der Waals surface area contributed by atoms with Gasteiger partial charge in [-0.05, 0) is 56.5 Å². The summed E-state index contributed by atoms with van der Waals surface area (Å²) < 4.78 is 38.7. The number of rotatable bonds is 5. The fraction of sp³-hybridized carbons (Fsp3) is 0.350. The Hall–Kier alpha value is -2.54. The normalized spacial score (nSPS) is 14.0. The van der Waals surface area contributed by atoms with E-state index in [-0.39, 0.29) is 22.3 Å². The summed E-state index contributed by atoms with van der Waals surface area (Å²) in [5.74, 6) is -0.373. The molecule has 1 aliphatic rings. The fourth-order valence-corrected chi connectivity index (χ4v) is 4.88. The molecule has 0 bridgehead atoms. The summed E-state index contributed by atoms with van der Waals surface area (Å²) in [4.78, 5) is 12.2.